The average Bonchev–Trinajstić information content (AvgIpc) is 3.15. The number of nitrogens with zero attached hydrogens (tertiary/aromatic N) is 2. The van der Waals surface area contributed by atoms with Gasteiger partial charge in [0.1, 0.15) is 0 Å². The topological polar surface area (TPSA) is 78.0 Å². The monoisotopic (exact) mass is 418 g/mol. The van der Waals surface area contributed by atoms with E-state index in [2.05, 4.69) is 9.88 Å². The van der Waals surface area contributed by atoms with Gasteiger partial charge in [0.15, 0.2) is 29.0 Å². The number of aromatic nitrogens is 1. The minimum Gasteiger partial charge on any atom is -0.493 e. The zero-order valence-electron chi connectivity index (χ0n) is 17.3. The third-order valence-electron chi connectivity index (χ3n) is 7.47. The SMILES string of the molecule is COc1ccc2c3c1O[C@H]1C(=O)C=C[C@@]4(OC(=O)c5cccnc5)[C@@H](C2)N(C)CC[C@]314. The van der Waals surface area contributed by atoms with Crippen LogP contribution >= 0.6 is 0 Å². The summed E-state index contributed by atoms with van der Waals surface area (Å²) in [5.74, 6) is 0.639. The fourth-order valence-corrected chi connectivity index (χ4v) is 6.13. The van der Waals surface area contributed by atoms with Gasteiger partial charge in [-0.1, -0.05) is 6.07 Å². The number of ether oxygens (including phenoxy) is 3. The van der Waals surface area contributed by atoms with Gasteiger partial charge in [0.05, 0.1) is 24.1 Å². The van der Waals surface area contributed by atoms with Crippen molar-refractivity contribution in [1.82, 2.24) is 9.88 Å². The minimum absolute atomic E-state index is 0.109. The van der Waals surface area contributed by atoms with E-state index in [1.165, 1.54) is 12.3 Å². The van der Waals surface area contributed by atoms with Crippen LogP contribution in [-0.4, -0.2) is 60.1 Å². The van der Waals surface area contributed by atoms with E-state index in [0.29, 0.717) is 29.9 Å². The van der Waals surface area contributed by atoms with Crippen molar-refractivity contribution >= 4 is 11.8 Å². The Morgan fingerprint density at radius 3 is 2.97 bits per heavy atom. The largest absolute Gasteiger partial charge is 0.493 e. The van der Waals surface area contributed by atoms with Crippen LogP contribution in [0.5, 0.6) is 11.5 Å². The lowest BCUT2D eigenvalue weighted by molar-refractivity contribution is -0.154. The molecule has 1 aromatic heterocycles. The molecule has 0 saturated carbocycles. The van der Waals surface area contributed by atoms with Crippen molar-refractivity contribution in [3.8, 4) is 11.5 Å². The van der Waals surface area contributed by atoms with E-state index in [1.807, 2.05) is 19.2 Å². The number of benzene rings is 1. The standard InChI is InChI=1S/C24H22N2O5/c1-26-11-9-23-19-14-5-6-17(29-2)20(19)30-21(23)16(27)7-8-24(23,18(26)12-14)31-22(28)15-4-3-10-25-13-15/h3-8,10,13,18,21H,9,11-12H2,1-2H3/t18-,21+,23+,24-/m1/s1. The molecule has 1 saturated heterocycles. The van der Waals surface area contributed by atoms with E-state index >= 15 is 0 Å². The van der Waals surface area contributed by atoms with Crippen LogP contribution < -0.4 is 9.47 Å². The Morgan fingerprint density at radius 2 is 2.19 bits per heavy atom. The summed E-state index contributed by atoms with van der Waals surface area (Å²) >= 11 is 0. The van der Waals surface area contributed by atoms with Crippen LogP contribution in [-0.2, 0) is 21.4 Å². The second-order valence-corrected chi connectivity index (χ2v) is 8.71. The number of esters is 1. The first-order chi connectivity index (χ1) is 15.0. The van der Waals surface area contributed by atoms with E-state index in [0.717, 1.165) is 17.7 Å². The molecule has 1 aromatic carbocycles. The summed E-state index contributed by atoms with van der Waals surface area (Å²) in [6.07, 6.45) is 7.01. The van der Waals surface area contributed by atoms with Crippen molar-refractivity contribution in [2.24, 2.45) is 0 Å². The number of likely N-dealkylation sites (tertiary alicyclic amines) is 1. The van der Waals surface area contributed by atoms with Crippen LogP contribution in [0.1, 0.15) is 27.9 Å². The van der Waals surface area contributed by atoms with Gasteiger partial charge in [-0.25, -0.2) is 4.79 Å². The molecule has 1 spiro atoms. The molecule has 2 bridgehead atoms. The molecular weight excluding hydrogens is 396 g/mol. The number of pyridine rings is 1. The third-order valence-corrected chi connectivity index (χ3v) is 7.47. The number of methoxy groups -OCH3 is 1. The minimum atomic E-state index is -1.03. The summed E-state index contributed by atoms with van der Waals surface area (Å²) in [4.78, 5) is 32.6. The highest BCUT2D eigenvalue weighted by Gasteiger charge is 2.74. The molecule has 1 fully saturated rings. The maximum atomic E-state index is 13.3. The molecule has 2 aliphatic heterocycles. The summed E-state index contributed by atoms with van der Waals surface area (Å²) < 4.78 is 18.3. The van der Waals surface area contributed by atoms with E-state index in [4.69, 9.17) is 14.2 Å². The average molecular weight is 418 g/mol. The van der Waals surface area contributed by atoms with Crippen LogP contribution in [0, 0.1) is 0 Å². The fraction of sp³-hybridized carbons (Fsp3) is 0.375. The number of carbonyl (C=O) groups is 2. The lowest BCUT2D eigenvalue weighted by Gasteiger charge is -2.61. The summed E-state index contributed by atoms with van der Waals surface area (Å²) in [7, 11) is 3.64. The summed E-state index contributed by atoms with van der Waals surface area (Å²) in [5.41, 5.74) is 0.636. The molecule has 4 atom stereocenters. The molecule has 0 amide bonds. The van der Waals surface area contributed by atoms with Crippen molar-refractivity contribution < 1.29 is 23.8 Å². The Morgan fingerprint density at radius 1 is 1.32 bits per heavy atom. The molecule has 31 heavy (non-hydrogen) atoms. The van der Waals surface area contributed by atoms with Crippen molar-refractivity contribution in [3.05, 3.63) is 65.5 Å². The maximum absolute atomic E-state index is 13.3. The first-order valence-electron chi connectivity index (χ1n) is 10.5. The second-order valence-electron chi connectivity index (χ2n) is 8.71. The van der Waals surface area contributed by atoms with Crippen molar-refractivity contribution in [1.29, 1.82) is 0 Å². The van der Waals surface area contributed by atoms with Crippen molar-refractivity contribution in [2.75, 3.05) is 20.7 Å². The number of piperidine rings is 1. The first kappa shape index (κ1) is 18.6. The molecule has 158 valence electrons. The number of rotatable bonds is 3. The molecule has 0 unspecified atom stereocenters. The molecule has 2 aromatic rings. The number of hydrogen-bond donors (Lipinski definition) is 0. The molecule has 0 radical (unpaired) electrons. The normalized spacial score (nSPS) is 32.3. The van der Waals surface area contributed by atoms with Crippen molar-refractivity contribution in [2.45, 2.75) is 36.0 Å². The van der Waals surface area contributed by atoms with Gasteiger partial charge in [0.2, 0.25) is 0 Å². The van der Waals surface area contributed by atoms with Gasteiger partial charge in [-0.05, 0) is 62.3 Å². The number of ketones is 1. The highest BCUT2D eigenvalue weighted by Crippen LogP contribution is 2.64. The van der Waals surface area contributed by atoms with E-state index in [-0.39, 0.29) is 11.8 Å². The van der Waals surface area contributed by atoms with Gasteiger partial charge in [-0.15, -0.1) is 0 Å². The van der Waals surface area contributed by atoms with Crippen molar-refractivity contribution in [3.63, 3.8) is 0 Å². The molecule has 7 nitrogen and oxygen atoms in total. The first-order valence-corrected chi connectivity index (χ1v) is 10.5. The lowest BCUT2D eigenvalue weighted by atomic mass is 9.50. The highest BCUT2D eigenvalue weighted by molar-refractivity contribution is 5.99. The molecule has 0 N–H and O–H groups in total. The van der Waals surface area contributed by atoms with Gasteiger partial charge in [-0.2, -0.15) is 0 Å². The van der Waals surface area contributed by atoms with E-state index in [1.54, 1.807) is 31.5 Å². The molecule has 2 aliphatic carbocycles. The van der Waals surface area contributed by atoms with Gasteiger partial charge in [0, 0.05) is 18.0 Å². The van der Waals surface area contributed by atoms with Crippen LogP contribution in [0.3, 0.4) is 0 Å². The summed E-state index contributed by atoms with van der Waals surface area (Å²) in [6, 6.07) is 7.22. The number of likely N-dealkylation sites (N-methyl/N-ethyl adjacent to an activating group) is 1. The summed E-state index contributed by atoms with van der Waals surface area (Å²) in [6.45, 7) is 0.772. The van der Waals surface area contributed by atoms with Gasteiger partial charge >= 0.3 is 5.97 Å². The highest BCUT2D eigenvalue weighted by atomic mass is 16.6. The molecule has 4 aliphatic rings. The predicted octanol–water partition coefficient (Wildman–Crippen LogP) is 2.08. The van der Waals surface area contributed by atoms with Crippen LogP contribution in [0.25, 0.3) is 0 Å². The Hall–Kier alpha value is -3.19. The zero-order chi connectivity index (χ0) is 21.4. The third kappa shape index (κ3) is 2.14. The molecule has 6 rings (SSSR count). The van der Waals surface area contributed by atoms with Crippen LogP contribution in [0.4, 0.5) is 0 Å². The Balaban J connectivity index is 1.60. The van der Waals surface area contributed by atoms with Gasteiger partial charge in [-0.3, -0.25) is 14.7 Å². The number of carbonyl (C=O) groups excluding carboxylic acids is 2. The Kier molecular flexibility index (Phi) is 3.69. The lowest BCUT2D eigenvalue weighted by Crippen LogP contribution is -2.75. The van der Waals surface area contributed by atoms with Gasteiger partial charge < -0.3 is 14.2 Å². The zero-order valence-corrected chi connectivity index (χ0v) is 17.3. The molecule has 3 heterocycles. The summed E-state index contributed by atoms with van der Waals surface area (Å²) in [5, 5.41) is 0. The maximum Gasteiger partial charge on any atom is 0.340 e. The van der Waals surface area contributed by atoms with E-state index in [9.17, 15) is 9.59 Å². The molecular formula is C24H22N2O5. The fourth-order valence-electron chi connectivity index (χ4n) is 6.13. The Labute approximate surface area is 179 Å². The van der Waals surface area contributed by atoms with Crippen LogP contribution in [0.15, 0.2) is 48.8 Å². The number of hydrogen-bond acceptors (Lipinski definition) is 7. The smallest absolute Gasteiger partial charge is 0.340 e. The molecule has 7 heteroatoms. The van der Waals surface area contributed by atoms with Gasteiger partial charge in [0.25, 0.3) is 0 Å². The van der Waals surface area contributed by atoms with E-state index < -0.39 is 23.1 Å². The second kappa shape index (κ2) is 6.17. The predicted molar refractivity (Wildman–Crippen MR) is 110 cm³/mol. The Bertz CT molecular complexity index is 1150. The quantitative estimate of drug-likeness (QED) is 0.707. The van der Waals surface area contributed by atoms with Crippen LogP contribution in [0.2, 0.25) is 0 Å².